The minimum Gasteiger partial charge on any atom is -0.374 e. The summed E-state index contributed by atoms with van der Waals surface area (Å²) in [6, 6.07) is 4.31. The molecule has 28 heavy (non-hydrogen) atoms. The van der Waals surface area contributed by atoms with Gasteiger partial charge in [-0.3, -0.25) is 9.69 Å². The number of amides is 1. The van der Waals surface area contributed by atoms with Gasteiger partial charge in [0, 0.05) is 26.2 Å². The zero-order valence-corrected chi connectivity index (χ0v) is 17.1. The molecule has 1 N–H and O–H groups in total. The molecule has 0 bridgehead atoms. The van der Waals surface area contributed by atoms with Crippen molar-refractivity contribution in [2.75, 3.05) is 32.8 Å². The largest absolute Gasteiger partial charge is 0.374 e. The van der Waals surface area contributed by atoms with Crippen LogP contribution in [-0.2, 0) is 4.74 Å². The monoisotopic (exact) mass is 409 g/mol. The highest BCUT2D eigenvalue weighted by Gasteiger charge is 2.27. The first-order valence-corrected chi connectivity index (χ1v) is 9.77. The van der Waals surface area contributed by atoms with E-state index in [4.69, 9.17) is 20.9 Å². The molecule has 2 aromatic rings. The Balaban J connectivity index is 1.71. The number of nitrogens with zero attached hydrogens (tertiary/aromatic N) is 2. The van der Waals surface area contributed by atoms with Crippen molar-refractivity contribution in [1.82, 2.24) is 15.4 Å². The highest BCUT2D eigenvalue weighted by atomic mass is 35.5. The fourth-order valence-corrected chi connectivity index (χ4v) is 3.67. The van der Waals surface area contributed by atoms with Crippen molar-refractivity contribution in [2.45, 2.75) is 26.9 Å². The number of halogens is 2. The van der Waals surface area contributed by atoms with Crippen LogP contribution in [0, 0.1) is 18.7 Å². The summed E-state index contributed by atoms with van der Waals surface area (Å²) in [5.41, 5.74) is 0.342. The Hall–Kier alpha value is -1.96. The number of hydrogen-bond donors (Lipinski definition) is 1. The third kappa shape index (κ3) is 4.71. The molecule has 1 fully saturated rings. The van der Waals surface area contributed by atoms with E-state index in [1.807, 2.05) is 0 Å². The Morgan fingerprint density at radius 2 is 2.25 bits per heavy atom. The zero-order valence-electron chi connectivity index (χ0n) is 16.3. The minimum atomic E-state index is -0.560. The Morgan fingerprint density at radius 1 is 1.46 bits per heavy atom. The van der Waals surface area contributed by atoms with Crippen molar-refractivity contribution in [3.8, 4) is 11.3 Å². The van der Waals surface area contributed by atoms with E-state index in [2.05, 4.69) is 29.2 Å². The van der Waals surface area contributed by atoms with Gasteiger partial charge in [-0.25, -0.2) is 4.39 Å². The van der Waals surface area contributed by atoms with Gasteiger partial charge < -0.3 is 14.6 Å². The second-order valence-electron chi connectivity index (χ2n) is 7.42. The predicted octanol–water partition coefficient (Wildman–Crippen LogP) is 3.53. The molecule has 1 amide bonds. The van der Waals surface area contributed by atoms with Gasteiger partial charge >= 0.3 is 0 Å². The lowest BCUT2D eigenvalue weighted by Gasteiger charge is -2.33. The Labute approximate surface area is 169 Å². The van der Waals surface area contributed by atoms with Crippen LogP contribution in [-0.4, -0.2) is 54.9 Å². The molecule has 0 saturated carbocycles. The summed E-state index contributed by atoms with van der Waals surface area (Å²) in [4.78, 5) is 15.1. The molecule has 1 atom stereocenters. The van der Waals surface area contributed by atoms with E-state index in [1.165, 1.54) is 12.1 Å². The average Bonchev–Trinajstić information content (AvgIpc) is 3.00. The van der Waals surface area contributed by atoms with E-state index in [0.717, 1.165) is 19.6 Å². The van der Waals surface area contributed by atoms with Crippen molar-refractivity contribution in [1.29, 1.82) is 0 Å². The topological polar surface area (TPSA) is 67.6 Å². The lowest BCUT2D eigenvalue weighted by atomic mass is 10.0. The van der Waals surface area contributed by atoms with E-state index >= 15 is 0 Å². The summed E-state index contributed by atoms with van der Waals surface area (Å²) in [5, 5.41) is 6.90. The summed E-state index contributed by atoms with van der Waals surface area (Å²) in [7, 11) is 0. The molecule has 0 aliphatic carbocycles. The summed E-state index contributed by atoms with van der Waals surface area (Å²) in [5.74, 6) is -0.0775. The molecule has 1 aliphatic rings. The molecule has 1 aliphatic heterocycles. The van der Waals surface area contributed by atoms with Gasteiger partial charge in [-0.1, -0.05) is 36.7 Å². The summed E-state index contributed by atoms with van der Waals surface area (Å²) in [6.45, 7) is 9.59. The molecule has 1 unspecified atom stereocenters. The van der Waals surface area contributed by atoms with Crippen LogP contribution in [0.3, 0.4) is 0 Å². The number of aromatic nitrogens is 1. The number of morpholine rings is 1. The predicted molar refractivity (Wildman–Crippen MR) is 105 cm³/mol. The number of nitrogens with one attached hydrogen (secondary N) is 1. The minimum absolute atomic E-state index is 0.0585. The molecular formula is C20H25ClFN3O3. The molecule has 6 nitrogen and oxygen atoms in total. The Kier molecular flexibility index (Phi) is 6.69. The van der Waals surface area contributed by atoms with Crippen LogP contribution in [0.2, 0.25) is 5.02 Å². The first-order valence-electron chi connectivity index (χ1n) is 9.39. The highest BCUT2D eigenvalue weighted by Crippen LogP contribution is 2.33. The van der Waals surface area contributed by atoms with Crippen LogP contribution in [0.15, 0.2) is 22.7 Å². The molecule has 8 heteroatoms. The van der Waals surface area contributed by atoms with Gasteiger partial charge in [0.15, 0.2) is 0 Å². The SMILES string of the molecule is Cc1onc(-c2c(F)cccc2Cl)c1C(=O)NCC1CN(CC(C)C)CCO1. The second kappa shape index (κ2) is 9.03. The number of carbonyl (C=O) groups excluding carboxylic acids is 1. The van der Waals surface area contributed by atoms with E-state index in [-0.39, 0.29) is 27.9 Å². The third-order valence-electron chi connectivity index (χ3n) is 4.63. The van der Waals surface area contributed by atoms with Gasteiger partial charge in [0.1, 0.15) is 22.8 Å². The molecular weight excluding hydrogens is 385 g/mol. The molecule has 1 aromatic carbocycles. The third-order valence-corrected chi connectivity index (χ3v) is 4.94. The molecule has 2 heterocycles. The van der Waals surface area contributed by atoms with Gasteiger partial charge in [0.2, 0.25) is 0 Å². The van der Waals surface area contributed by atoms with Crippen molar-refractivity contribution in [2.24, 2.45) is 5.92 Å². The number of ether oxygens (including phenoxy) is 1. The molecule has 152 valence electrons. The van der Waals surface area contributed by atoms with Crippen molar-refractivity contribution in [3.63, 3.8) is 0 Å². The number of rotatable bonds is 6. The van der Waals surface area contributed by atoms with Crippen LogP contribution < -0.4 is 5.32 Å². The van der Waals surface area contributed by atoms with Gasteiger partial charge in [-0.15, -0.1) is 0 Å². The van der Waals surface area contributed by atoms with Crippen LogP contribution >= 0.6 is 11.6 Å². The number of hydrogen-bond acceptors (Lipinski definition) is 5. The van der Waals surface area contributed by atoms with Crippen molar-refractivity contribution >= 4 is 17.5 Å². The Morgan fingerprint density at radius 3 is 2.96 bits per heavy atom. The maximum atomic E-state index is 14.3. The summed E-state index contributed by atoms with van der Waals surface area (Å²) >= 11 is 6.13. The van der Waals surface area contributed by atoms with E-state index in [1.54, 1.807) is 13.0 Å². The quantitative estimate of drug-likeness (QED) is 0.790. The van der Waals surface area contributed by atoms with Crippen LogP contribution in [0.4, 0.5) is 4.39 Å². The van der Waals surface area contributed by atoms with E-state index in [0.29, 0.717) is 24.8 Å². The normalized spacial score (nSPS) is 17.9. The number of aryl methyl sites for hydroxylation is 1. The average molecular weight is 410 g/mol. The molecule has 0 spiro atoms. The molecule has 0 radical (unpaired) electrons. The molecule has 1 aromatic heterocycles. The van der Waals surface area contributed by atoms with E-state index in [9.17, 15) is 9.18 Å². The molecule has 3 rings (SSSR count). The van der Waals surface area contributed by atoms with E-state index < -0.39 is 11.7 Å². The zero-order chi connectivity index (χ0) is 20.3. The van der Waals surface area contributed by atoms with Crippen LogP contribution in [0.1, 0.15) is 30.0 Å². The first-order chi connectivity index (χ1) is 13.4. The fourth-order valence-electron chi connectivity index (χ4n) is 3.42. The fraction of sp³-hybridized carbons (Fsp3) is 0.500. The highest BCUT2D eigenvalue weighted by molar-refractivity contribution is 6.33. The van der Waals surface area contributed by atoms with Crippen LogP contribution in [0.25, 0.3) is 11.3 Å². The van der Waals surface area contributed by atoms with Crippen LogP contribution in [0.5, 0.6) is 0 Å². The van der Waals surface area contributed by atoms with Crippen molar-refractivity contribution in [3.05, 3.63) is 40.4 Å². The lowest BCUT2D eigenvalue weighted by molar-refractivity contribution is -0.0295. The summed E-state index contributed by atoms with van der Waals surface area (Å²) < 4.78 is 25.2. The maximum Gasteiger partial charge on any atom is 0.257 e. The van der Waals surface area contributed by atoms with Gasteiger partial charge in [-0.2, -0.15) is 0 Å². The maximum absolute atomic E-state index is 14.3. The summed E-state index contributed by atoms with van der Waals surface area (Å²) in [6.07, 6.45) is -0.0999. The number of carbonyl (C=O) groups is 1. The van der Waals surface area contributed by atoms with Gasteiger partial charge in [0.25, 0.3) is 5.91 Å². The molecule has 1 saturated heterocycles. The lowest BCUT2D eigenvalue weighted by Crippen LogP contribution is -2.48. The standard InChI is InChI=1S/C20H25ClFN3O3/c1-12(2)10-25-7-8-27-14(11-25)9-23-20(26)17-13(3)28-24-19(17)18-15(21)5-4-6-16(18)22/h4-6,12,14H,7-11H2,1-3H3,(H,23,26). The number of benzene rings is 1. The Bertz CT molecular complexity index is 820. The smallest absolute Gasteiger partial charge is 0.257 e. The first kappa shape index (κ1) is 20.8. The van der Waals surface area contributed by atoms with Gasteiger partial charge in [-0.05, 0) is 25.0 Å². The van der Waals surface area contributed by atoms with Gasteiger partial charge in [0.05, 0.1) is 23.3 Å². The second-order valence-corrected chi connectivity index (χ2v) is 7.82. The van der Waals surface area contributed by atoms with Crippen molar-refractivity contribution < 1.29 is 18.4 Å².